The van der Waals surface area contributed by atoms with Gasteiger partial charge in [0.15, 0.2) is 0 Å². The van der Waals surface area contributed by atoms with Gasteiger partial charge in [0.25, 0.3) is 0 Å². The topological polar surface area (TPSA) is 12.0 Å². The van der Waals surface area contributed by atoms with Crippen molar-refractivity contribution in [3.8, 4) is 0 Å². The third-order valence-electron chi connectivity index (χ3n) is 4.40. The molecule has 0 radical (unpaired) electrons. The lowest BCUT2D eigenvalue weighted by molar-refractivity contribution is 0.272. The Balaban J connectivity index is 1.75. The van der Waals surface area contributed by atoms with E-state index in [-0.39, 0.29) is 0 Å². The van der Waals surface area contributed by atoms with E-state index < -0.39 is 0 Å². The fourth-order valence-electron chi connectivity index (χ4n) is 3.17. The highest BCUT2D eigenvalue weighted by Crippen LogP contribution is 2.26. The van der Waals surface area contributed by atoms with E-state index >= 15 is 0 Å². The van der Waals surface area contributed by atoms with Gasteiger partial charge in [0, 0.05) is 17.1 Å². The van der Waals surface area contributed by atoms with Crippen molar-refractivity contribution in [2.45, 2.75) is 64.5 Å². The van der Waals surface area contributed by atoms with E-state index in [0.717, 1.165) is 23.4 Å². The minimum absolute atomic E-state index is 0.546. The zero-order chi connectivity index (χ0) is 13.7. The number of hydrogen-bond donors (Lipinski definition) is 1. The van der Waals surface area contributed by atoms with E-state index in [0.29, 0.717) is 6.04 Å². The molecule has 106 valence electrons. The van der Waals surface area contributed by atoms with E-state index in [1.165, 1.54) is 37.7 Å². The smallest absolute Gasteiger partial charge is 0.0406 e. The first-order valence-electron chi connectivity index (χ1n) is 7.68. The summed E-state index contributed by atoms with van der Waals surface area (Å²) in [5, 5.41) is 4.62. The first-order valence-corrected chi connectivity index (χ1v) is 8.05. The molecule has 0 saturated heterocycles. The summed E-state index contributed by atoms with van der Waals surface area (Å²) >= 11 is 5.92. The molecule has 1 atom stereocenters. The molecule has 1 saturated carbocycles. The van der Waals surface area contributed by atoms with Crippen LogP contribution >= 0.6 is 11.6 Å². The molecule has 1 unspecified atom stereocenters. The maximum Gasteiger partial charge on any atom is 0.0406 e. The van der Waals surface area contributed by atoms with Crippen molar-refractivity contribution in [2.24, 2.45) is 5.92 Å². The van der Waals surface area contributed by atoms with Crippen LogP contribution in [0.3, 0.4) is 0 Å². The van der Waals surface area contributed by atoms with Crippen LogP contribution in [0.15, 0.2) is 24.3 Å². The van der Waals surface area contributed by atoms with E-state index in [1.807, 2.05) is 12.1 Å². The summed E-state index contributed by atoms with van der Waals surface area (Å²) in [6, 6.07) is 9.50. The van der Waals surface area contributed by atoms with Crippen LogP contribution in [0.25, 0.3) is 0 Å². The first kappa shape index (κ1) is 14.9. The van der Waals surface area contributed by atoms with Gasteiger partial charge in [-0.2, -0.15) is 0 Å². The van der Waals surface area contributed by atoms with Crippen LogP contribution in [0.1, 0.15) is 51.5 Å². The van der Waals surface area contributed by atoms with Crippen molar-refractivity contribution in [2.75, 3.05) is 0 Å². The van der Waals surface area contributed by atoms with Crippen LogP contribution in [0.4, 0.5) is 0 Å². The number of nitrogens with one attached hydrogen (secondary N) is 1. The van der Waals surface area contributed by atoms with E-state index in [9.17, 15) is 0 Å². The van der Waals surface area contributed by atoms with Crippen molar-refractivity contribution >= 4 is 11.6 Å². The van der Waals surface area contributed by atoms with Gasteiger partial charge in [-0.1, -0.05) is 37.1 Å². The molecular formula is C17H26ClN. The van der Waals surface area contributed by atoms with Gasteiger partial charge in [0.2, 0.25) is 0 Å². The molecule has 0 bridgehead atoms. The van der Waals surface area contributed by atoms with Crippen molar-refractivity contribution < 1.29 is 0 Å². The minimum Gasteiger partial charge on any atom is -0.311 e. The van der Waals surface area contributed by atoms with Gasteiger partial charge < -0.3 is 5.32 Å². The fourth-order valence-corrected chi connectivity index (χ4v) is 3.30. The van der Waals surface area contributed by atoms with Gasteiger partial charge in [-0.15, -0.1) is 0 Å². The van der Waals surface area contributed by atoms with Crippen LogP contribution in [-0.2, 0) is 6.42 Å². The lowest BCUT2D eigenvalue weighted by atomic mass is 9.84. The monoisotopic (exact) mass is 279 g/mol. The predicted octanol–water partition coefficient (Wildman–Crippen LogP) is 4.83. The molecule has 19 heavy (non-hydrogen) atoms. The fraction of sp³-hybridized carbons (Fsp3) is 0.647. The molecule has 1 aromatic rings. The standard InChI is InChI=1S/C17H26ClN/c1-3-14-6-10-17(11-7-14)19-13(2)12-15-4-8-16(18)9-5-15/h4-5,8-9,13-14,17,19H,3,6-7,10-12H2,1-2H3. The average Bonchev–Trinajstić information content (AvgIpc) is 2.42. The third-order valence-corrected chi connectivity index (χ3v) is 4.65. The molecule has 0 aromatic heterocycles. The lowest BCUT2D eigenvalue weighted by Gasteiger charge is -2.30. The maximum atomic E-state index is 5.92. The highest BCUT2D eigenvalue weighted by atomic mass is 35.5. The summed E-state index contributed by atoms with van der Waals surface area (Å²) < 4.78 is 0. The normalized spacial score (nSPS) is 25.2. The molecule has 1 N–H and O–H groups in total. The predicted molar refractivity (Wildman–Crippen MR) is 83.8 cm³/mol. The second kappa shape index (κ2) is 7.31. The molecule has 2 rings (SSSR count). The molecule has 2 heteroatoms. The zero-order valence-corrected chi connectivity index (χ0v) is 12.9. The third kappa shape index (κ3) is 4.81. The van der Waals surface area contributed by atoms with Gasteiger partial charge in [-0.25, -0.2) is 0 Å². The van der Waals surface area contributed by atoms with Gasteiger partial charge in [-0.3, -0.25) is 0 Å². The van der Waals surface area contributed by atoms with Crippen molar-refractivity contribution in [1.82, 2.24) is 5.32 Å². The van der Waals surface area contributed by atoms with Crippen molar-refractivity contribution in [3.05, 3.63) is 34.9 Å². The summed E-state index contributed by atoms with van der Waals surface area (Å²) in [7, 11) is 0. The second-order valence-corrected chi connectivity index (χ2v) is 6.46. The molecule has 0 spiro atoms. The Morgan fingerprint density at radius 1 is 1.16 bits per heavy atom. The number of rotatable bonds is 5. The van der Waals surface area contributed by atoms with Crippen LogP contribution in [0.5, 0.6) is 0 Å². The summed E-state index contributed by atoms with van der Waals surface area (Å²) in [6.07, 6.45) is 7.95. The minimum atomic E-state index is 0.546. The summed E-state index contributed by atoms with van der Waals surface area (Å²) in [5.74, 6) is 0.977. The van der Waals surface area contributed by atoms with Crippen molar-refractivity contribution in [1.29, 1.82) is 0 Å². The Kier molecular flexibility index (Phi) is 5.72. The van der Waals surface area contributed by atoms with Crippen LogP contribution < -0.4 is 5.32 Å². The number of halogens is 1. The Bertz CT molecular complexity index is 365. The van der Waals surface area contributed by atoms with E-state index in [4.69, 9.17) is 11.6 Å². The molecule has 1 aliphatic carbocycles. The second-order valence-electron chi connectivity index (χ2n) is 6.02. The number of benzene rings is 1. The van der Waals surface area contributed by atoms with Crippen LogP contribution in [0.2, 0.25) is 5.02 Å². The Morgan fingerprint density at radius 3 is 2.37 bits per heavy atom. The SMILES string of the molecule is CCC1CCC(NC(C)Cc2ccc(Cl)cc2)CC1. The Morgan fingerprint density at radius 2 is 1.79 bits per heavy atom. The average molecular weight is 280 g/mol. The van der Waals surface area contributed by atoms with Gasteiger partial charge in [0.05, 0.1) is 0 Å². The highest BCUT2D eigenvalue weighted by Gasteiger charge is 2.20. The van der Waals surface area contributed by atoms with E-state index in [2.05, 4.69) is 31.3 Å². The summed E-state index contributed by atoms with van der Waals surface area (Å²) in [6.45, 7) is 4.61. The van der Waals surface area contributed by atoms with E-state index in [1.54, 1.807) is 0 Å². The molecule has 0 aliphatic heterocycles. The molecule has 0 heterocycles. The molecule has 1 aromatic carbocycles. The number of hydrogen-bond acceptors (Lipinski definition) is 1. The summed E-state index contributed by atoms with van der Waals surface area (Å²) in [4.78, 5) is 0. The van der Waals surface area contributed by atoms with Gasteiger partial charge in [0.1, 0.15) is 0 Å². The Hall–Kier alpha value is -0.530. The van der Waals surface area contributed by atoms with Crippen LogP contribution in [-0.4, -0.2) is 12.1 Å². The molecular weight excluding hydrogens is 254 g/mol. The summed E-state index contributed by atoms with van der Waals surface area (Å²) in [5.41, 5.74) is 1.37. The van der Waals surface area contributed by atoms with Gasteiger partial charge in [-0.05, 0) is 62.6 Å². The molecule has 1 aliphatic rings. The molecule has 1 fully saturated rings. The van der Waals surface area contributed by atoms with Crippen LogP contribution in [0, 0.1) is 5.92 Å². The lowest BCUT2D eigenvalue weighted by Crippen LogP contribution is -2.40. The largest absolute Gasteiger partial charge is 0.311 e. The maximum absolute atomic E-state index is 5.92. The quantitative estimate of drug-likeness (QED) is 0.814. The molecule has 1 nitrogen and oxygen atoms in total. The van der Waals surface area contributed by atoms with Crippen molar-refractivity contribution in [3.63, 3.8) is 0 Å². The zero-order valence-electron chi connectivity index (χ0n) is 12.2. The Labute approximate surface area is 122 Å². The first-order chi connectivity index (χ1) is 9.17. The van der Waals surface area contributed by atoms with Gasteiger partial charge >= 0.3 is 0 Å². The molecule has 0 amide bonds. The highest BCUT2D eigenvalue weighted by molar-refractivity contribution is 6.30.